The summed E-state index contributed by atoms with van der Waals surface area (Å²) in [6, 6.07) is 185. The predicted octanol–water partition coefficient (Wildman–Crippen LogP) is 37.2. The Kier molecular flexibility index (Phi) is 21.0. The fraction of sp³-hybridized carbons (Fsp3) is 0.0511. The molecule has 3 heterocycles. The number of rotatable bonds is 11. The van der Waals surface area contributed by atoms with Gasteiger partial charge in [0.15, 0.2) is 0 Å². The van der Waals surface area contributed by atoms with Gasteiger partial charge in [0, 0.05) is 52.1 Å². The lowest BCUT2D eigenvalue weighted by Crippen LogP contribution is -2.32. The van der Waals surface area contributed by atoms with Crippen LogP contribution in [0.3, 0.4) is 0 Å². The number of nitrogens with one attached hydrogen (secondary N) is 3. The largest absolute Gasteiger partial charge is 0.488 e. The smallest absolute Gasteiger partial charge is 0.121 e. The van der Waals surface area contributed by atoms with Crippen LogP contribution in [0.1, 0.15) is 87.5 Å². The van der Waals surface area contributed by atoms with Gasteiger partial charge in [0.1, 0.15) is 11.4 Å². The zero-order chi connectivity index (χ0) is 95.8. The molecule has 7 heteroatoms. The fourth-order valence-electron chi connectivity index (χ4n) is 24.0. The van der Waals surface area contributed by atoms with Gasteiger partial charge in [-0.1, -0.05) is 436 Å². The molecule has 6 aliphatic rings. The van der Waals surface area contributed by atoms with E-state index in [9.17, 15) is 0 Å². The molecule has 0 amide bonds. The normalized spacial score (nSPS) is 13.6. The predicted molar refractivity (Wildman–Crippen MR) is 605 cm³/mol. The highest BCUT2D eigenvalue weighted by Crippen LogP contribution is 2.67. The number of fused-ring (bicyclic) bond motifs is 32. The van der Waals surface area contributed by atoms with Gasteiger partial charge in [0.2, 0.25) is 0 Å². The second-order valence-corrected chi connectivity index (χ2v) is 42.5. The number of hydrogen-bond acceptors (Lipinski definition) is 7. The maximum Gasteiger partial charge on any atom is 0.121 e. The summed E-state index contributed by atoms with van der Waals surface area (Å²) < 4.78 is 6.43. The van der Waals surface area contributed by atoms with Crippen LogP contribution in [-0.4, -0.2) is 5.60 Å². The van der Waals surface area contributed by atoms with Crippen molar-refractivity contribution in [2.45, 2.75) is 72.0 Å². The Morgan fingerprint density at radius 3 is 1.05 bits per heavy atom. The number of ether oxygens (including phenoxy) is 1. The maximum atomic E-state index is 6.43. The van der Waals surface area contributed by atoms with Gasteiger partial charge in [-0.05, 0) is 312 Å². The Hall–Kier alpha value is -16.7. The first kappa shape index (κ1) is 86.5. The minimum absolute atomic E-state index is 0.297. The first-order valence-corrected chi connectivity index (χ1v) is 52.1. The molecule has 3 aliphatic heterocycles. The standard InChI is InChI=1S/C55H41NOS.C47H31NS.C35H23NS/c1-54(2,3)57-43-26-29-51-53(34-43)58-52-33-42(25-28-50(52)55(51)48-20-8-6-18-46(48)47-19-7-9-21-49(47)55)56-41-16-11-15-38(32-41)36-13-10-14-37(30-36)39-24-27-45-40(31-39)23-22-35-12-4-5-17-44(35)45;1-2-14-32-29-34(28-27-31(32)13-1)37-18-4-3-17-36(37)33-15-11-16-35(30-33)48-44-25-12-24-43-46(44)49-45-26-10-9-23-42(45)47(43)40-21-7-5-19-38(40)39-20-6-8-22-41(39)47;1-2-11-24-22-25(21-20-23(24)10-1)36-32-18-9-17-31-34(32)37-33-19-8-7-16-30(33)35(31)28-14-5-3-12-26(28)27-13-4-6-15-29(27)35/h4-34,56H,1-3H3;1-30,48H;1-22,36H. The van der Waals surface area contributed by atoms with Gasteiger partial charge in [-0.25, -0.2) is 0 Å². The molecule has 23 aromatic rings. The highest BCUT2D eigenvalue weighted by Gasteiger charge is 2.54. The third-order valence-corrected chi connectivity index (χ3v) is 33.5. The lowest BCUT2D eigenvalue weighted by Gasteiger charge is -2.40. The van der Waals surface area contributed by atoms with Crippen molar-refractivity contribution >= 4 is 112 Å². The quantitative estimate of drug-likeness (QED) is 0.112. The van der Waals surface area contributed by atoms with Gasteiger partial charge in [0.25, 0.3) is 0 Å². The van der Waals surface area contributed by atoms with Gasteiger partial charge in [0.05, 0.1) is 27.6 Å². The topological polar surface area (TPSA) is 45.3 Å². The van der Waals surface area contributed by atoms with E-state index < -0.39 is 5.41 Å². The third kappa shape index (κ3) is 14.3. The van der Waals surface area contributed by atoms with E-state index >= 15 is 0 Å². The van der Waals surface area contributed by atoms with Gasteiger partial charge < -0.3 is 20.7 Å². The molecule has 3 N–H and O–H groups in total. The first-order chi connectivity index (χ1) is 70.9. The molecule has 144 heavy (non-hydrogen) atoms. The van der Waals surface area contributed by atoms with Crippen LogP contribution in [0.5, 0.6) is 5.75 Å². The summed E-state index contributed by atoms with van der Waals surface area (Å²) in [5.74, 6) is 0.890. The molecule has 0 saturated heterocycles. The molecule has 0 radical (unpaired) electrons. The second-order valence-electron chi connectivity index (χ2n) is 39.3. The molecule has 0 saturated carbocycles. The summed E-state index contributed by atoms with van der Waals surface area (Å²) in [7, 11) is 0. The van der Waals surface area contributed by atoms with Crippen LogP contribution in [0, 0.1) is 0 Å². The molecule has 0 fully saturated rings. The zero-order valence-electron chi connectivity index (χ0n) is 79.6. The summed E-state index contributed by atoms with van der Waals surface area (Å²) in [5.41, 5.74) is 38.8. The van der Waals surface area contributed by atoms with Crippen molar-refractivity contribution in [2.24, 2.45) is 0 Å². The van der Waals surface area contributed by atoms with E-state index in [0.29, 0.717) is 0 Å². The van der Waals surface area contributed by atoms with Gasteiger partial charge in [-0.15, -0.1) is 0 Å². The molecule has 682 valence electrons. The average molecular weight is 1900 g/mol. The van der Waals surface area contributed by atoms with E-state index in [1.54, 1.807) is 0 Å². The van der Waals surface area contributed by atoms with Crippen LogP contribution < -0.4 is 20.7 Å². The molecule has 0 atom stereocenters. The monoisotopic (exact) mass is 1890 g/mol. The number of anilines is 6. The summed E-state index contributed by atoms with van der Waals surface area (Å²) in [6.45, 7) is 6.32. The molecule has 4 nitrogen and oxygen atoms in total. The maximum absolute atomic E-state index is 6.43. The fourth-order valence-corrected chi connectivity index (χ4v) is 27.8. The van der Waals surface area contributed by atoms with Crippen LogP contribution in [0.15, 0.2) is 533 Å². The average Bonchev–Trinajstić information content (AvgIpc) is 1.52. The van der Waals surface area contributed by atoms with E-state index in [1.165, 1.54) is 217 Å². The lowest BCUT2D eigenvalue weighted by atomic mass is 9.67. The van der Waals surface area contributed by atoms with E-state index in [-0.39, 0.29) is 16.4 Å². The second kappa shape index (κ2) is 34.9. The molecular weight excluding hydrogens is 1800 g/mol. The van der Waals surface area contributed by atoms with Crippen LogP contribution in [0.4, 0.5) is 34.1 Å². The SMILES string of the molecule is CC(C)(C)Oc1ccc2c(c1)Sc1cc(Nc3cccc(-c4cccc(-c5ccc6c(ccc7ccccc76)c5)c4)c3)ccc1C21c2ccccc2-c2ccccc21.c1cc(Nc2cccc3c2Sc2ccccc2C32c3ccccc3-c3ccccc32)cc(-c2ccccc2-c2ccc3ccccc3c2)c1.c1ccc2c(c1)Sc1c(Nc3ccc4ccccc4c3)cccc1C21c2ccccc2-c2ccccc21. The van der Waals surface area contributed by atoms with Crippen LogP contribution >= 0.6 is 35.3 Å². The van der Waals surface area contributed by atoms with Crippen molar-refractivity contribution in [1.82, 2.24) is 0 Å². The highest BCUT2D eigenvalue weighted by atomic mass is 32.2. The van der Waals surface area contributed by atoms with Crippen molar-refractivity contribution in [1.29, 1.82) is 0 Å². The van der Waals surface area contributed by atoms with Crippen molar-refractivity contribution in [3.05, 3.63) is 570 Å². The van der Waals surface area contributed by atoms with E-state index in [2.05, 4.69) is 540 Å². The Morgan fingerprint density at radius 2 is 0.514 bits per heavy atom. The van der Waals surface area contributed by atoms with Crippen molar-refractivity contribution in [3.63, 3.8) is 0 Å². The van der Waals surface area contributed by atoms with Crippen LogP contribution in [0.25, 0.3) is 121 Å². The summed E-state index contributed by atoms with van der Waals surface area (Å²) >= 11 is 5.59. The Morgan fingerprint density at radius 1 is 0.188 bits per heavy atom. The summed E-state index contributed by atoms with van der Waals surface area (Å²) in [4.78, 5) is 7.64. The summed E-state index contributed by atoms with van der Waals surface area (Å²) in [6.07, 6.45) is 0. The first-order valence-electron chi connectivity index (χ1n) is 49.6. The van der Waals surface area contributed by atoms with Crippen molar-refractivity contribution < 1.29 is 4.74 Å². The highest BCUT2D eigenvalue weighted by molar-refractivity contribution is 8.00. The minimum Gasteiger partial charge on any atom is -0.488 e. The number of hydrogen-bond donors (Lipinski definition) is 3. The van der Waals surface area contributed by atoms with Crippen molar-refractivity contribution in [2.75, 3.05) is 16.0 Å². The molecule has 0 aromatic heterocycles. The lowest BCUT2D eigenvalue weighted by molar-refractivity contribution is 0.130. The Balaban J connectivity index is 0.000000110. The van der Waals surface area contributed by atoms with E-state index in [0.717, 1.165) is 39.9 Å². The summed E-state index contributed by atoms with van der Waals surface area (Å²) in [5, 5.41) is 21.6. The third-order valence-electron chi connectivity index (χ3n) is 30.0. The van der Waals surface area contributed by atoms with E-state index in [4.69, 9.17) is 4.74 Å². The molecule has 3 spiro atoms. The van der Waals surface area contributed by atoms with Gasteiger partial charge in [-0.3, -0.25) is 0 Å². The molecule has 23 aromatic carbocycles. The molecule has 0 bridgehead atoms. The Labute approximate surface area is 852 Å². The molecular formula is C137H95N3OS3. The molecule has 3 aliphatic carbocycles. The van der Waals surface area contributed by atoms with Crippen LogP contribution in [-0.2, 0) is 16.2 Å². The van der Waals surface area contributed by atoms with Gasteiger partial charge in [-0.2, -0.15) is 0 Å². The molecule has 29 rings (SSSR count). The van der Waals surface area contributed by atoms with Crippen LogP contribution in [0.2, 0.25) is 0 Å². The van der Waals surface area contributed by atoms with Crippen molar-refractivity contribution in [3.8, 4) is 83.6 Å². The molecule has 0 unspecified atom stereocenters. The van der Waals surface area contributed by atoms with E-state index in [1.807, 2.05) is 35.3 Å². The zero-order valence-corrected chi connectivity index (χ0v) is 82.0. The van der Waals surface area contributed by atoms with Gasteiger partial charge >= 0.3 is 0 Å². The minimum atomic E-state index is -0.439. The number of benzene rings is 23. The Bertz CT molecular complexity index is 9040.